The molecule has 7 nitrogen and oxygen atoms in total. The van der Waals surface area contributed by atoms with Crippen LogP contribution < -0.4 is 10.6 Å². The van der Waals surface area contributed by atoms with Gasteiger partial charge in [0.25, 0.3) is 0 Å². The van der Waals surface area contributed by atoms with Gasteiger partial charge in [-0.3, -0.25) is 19.8 Å². The third-order valence-corrected chi connectivity index (χ3v) is 6.67. The van der Waals surface area contributed by atoms with Gasteiger partial charge in [0.2, 0.25) is 5.91 Å². The van der Waals surface area contributed by atoms with Crippen molar-refractivity contribution in [1.29, 1.82) is 0 Å². The van der Waals surface area contributed by atoms with E-state index < -0.39 is 23.9 Å². The first kappa shape index (κ1) is 16.8. The summed E-state index contributed by atoms with van der Waals surface area (Å²) in [5, 5.41) is 14.7. The maximum Gasteiger partial charge on any atom is 0.321 e. The van der Waals surface area contributed by atoms with Gasteiger partial charge < -0.3 is 10.4 Å². The Morgan fingerprint density at radius 3 is 2.20 bits per heavy atom. The molecule has 138 valence electrons. The molecular weight excluding hydrogens is 322 g/mol. The number of imide groups is 1. The Morgan fingerprint density at radius 2 is 1.64 bits per heavy atom. The van der Waals surface area contributed by atoms with E-state index in [9.17, 15) is 14.4 Å². The fourth-order valence-electron chi connectivity index (χ4n) is 6.18. The van der Waals surface area contributed by atoms with E-state index in [-0.39, 0.29) is 12.1 Å². The number of rotatable bonds is 4. The Balaban J connectivity index is 1.30. The summed E-state index contributed by atoms with van der Waals surface area (Å²) in [6, 6.07) is -1.03. The van der Waals surface area contributed by atoms with Crippen LogP contribution >= 0.6 is 0 Å². The summed E-state index contributed by atoms with van der Waals surface area (Å²) >= 11 is 0. The van der Waals surface area contributed by atoms with E-state index >= 15 is 0 Å². The van der Waals surface area contributed by atoms with E-state index in [4.69, 9.17) is 5.11 Å². The van der Waals surface area contributed by atoms with E-state index in [1.807, 2.05) is 0 Å². The molecule has 4 bridgehead atoms. The lowest BCUT2D eigenvalue weighted by Gasteiger charge is -2.56. The van der Waals surface area contributed by atoms with Crippen molar-refractivity contribution in [3.8, 4) is 0 Å². The van der Waals surface area contributed by atoms with E-state index in [0.29, 0.717) is 13.0 Å². The highest BCUT2D eigenvalue weighted by Crippen LogP contribution is 2.55. The predicted octanol–water partition coefficient (Wildman–Crippen LogP) is 1.33. The maximum atomic E-state index is 12.3. The highest BCUT2D eigenvalue weighted by Gasteiger charge is 2.51. The summed E-state index contributed by atoms with van der Waals surface area (Å²) in [7, 11) is 0. The van der Waals surface area contributed by atoms with Crippen molar-refractivity contribution in [2.75, 3.05) is 13.1 Å². The molecule has 0 radical (unpaired) electrons. The van der Waals surface area contributed by atoms with Crippen molar-refractivity contribution in [1.82, 2.24) is 15.5 Å². The molecule has 5 rings (SSSR count). The number of urea groups is 1. The zero-order valence-electron chi connectivity index (χ0n) is 14.5. The van der Waals surface area contributed by atoms with E-state index in [0.717, 1.165) is 43.4 Å². The van der Waals surface area contributed by atoms with E-state index in [1.165, 1.54) is 19.3 Å². The zero-order valence-corrected chi connectivity index (χ0v) is 14.5. The number of hydrogen-bond acceptors (Lipinski definition) is 4. The number of likely N-dealkylation sites (tertiary alicyclic amines) is 1. The minimum atomic E-state index is -0.900. The van der Waals surface area contributed by atoms with Gasteiger partial charge in [0.05, 0.1) is 6.54 Å². The van der Waals surface area contributed by atoms with Crippen molar-refractivity contribution in [2.45, 2.75) is 62.9 Å². The van der Waals surface area contributed by atoms with E-state index in [2.05, 4.69) is 10.6 Å². The smallest absolute Gasteiger partial charge is 0.321 e. The fourth-order valence-corrected chi connectivity index (χ4v) is 6.18. The lowest BCUT2D eigenvalue weighted by atomic mass is 9.53. The summed E-state index contributed by atoms with van der Waals surface area (Å²) in [5.41, 5.74) is -0.129. The molecule has 1 aliphatic heterocycles. The molecule has 3 amide bonds. The number of amides is 3. The summed E-state index contributed by atoms with van der Waals surface area (Å²) in [5.74, 6) is 0.855. The maximum absolute atomic E-state index is 12.3. The lowest BCUT2D eigenvalue weighted by molar-refractivity contribution is -0.142. The number of hydrogen-bond donors (Lipinski definition) is 3. The van der Waals surface area contributed by atoms with Gasteiger partial charge in [0.1, 0.15) is 6.04 Å². The summed E-state index contributed by atoms with van der Waals surface area (Å²) < 4.78 is 0. The molecule has 5 fully saturated rings. The fraction of sp³-hybridized carbons (Fsp3) is 0.833. The van der Waals surface area contributed by atoms with Crippen LogP contribution in [0.4, 0.5) is 4.79 Å². The van der Waals surface area contributed by atoms with Gasteiger partial charge in [-0.2, -0.15) is 0 Å². The second-order valence-corrected chi connectivity index (χ2v) is 8.67. The molecule has 5 aliphatic rings. The molecule has 3 N–H and O–H groups in total. The van der Waals surface area contributed by atoms with Gasteiger partial charge >= 0.3 is 12.0 Å². The van der Waals surface area contributed by atoms with Crippen LogP contribution in [-0.2, 0) is 9.59 Å². The summed E-state index contributed by atoms with van der Waals surface area (Å²) in [4.78, 5) is 37.3. The first-order valence-electron chi connectivity index (χ1n) is 9.51. The van der Waals surface area contributed by atoms with Gasteiger partial charge in [0, 0.05) is 5.54 Å². The summed E-state index contributed by atoms with van der Waals surface area (Å²) in [6.07, 6.45) is 8.33. The normalized spacial score (nSPS) is 39.4. The van der Waals surface area contributed by atoms with Crippen LogP contribution in [0.2, 0.25) is 0 Å². The molecule has 0 spiro atoms. The van der Waals surface area contributed by atoms with Crippen molar-refractivity contribution in [2.24, 2.45) is 17.8 Å². The molecule has 0 aromatic heterocycles. The van der Waals surface area contributed by atoms with Crippen LogP contribution in [-0.4, -0.2) is 52.6 Å². The van der Waals surface area contributed by atoms with Crippen LogP contribution in [0.3, 0.4) is 0 Å². The highest BCUT2D eigenvalue weighted by atomic mass is 16.4. The Hall–Kier alpha value is -1.63. The van der Waals surface area contributed by atoms with Crippen molar-refractivity contribution < 1.29 is 19.5 Å². The van der Waals surface area contributed by atoms with Crippen LogP contribution in [0.5, 0.6) is 0 Å². The van der Waals surface area contributed by atoms with Crippen LogP contribution in [0.1, 0.15) is 51.4 Å². The molecule has 4 saturated carbocycles. The van der Waals surface area contributed by atoms with Gasteiger partial charge in [-0.1, -0.05) is 0 Å². The number of carboxylic acid groups (broad SMARTS) is 1. The van der Waals surface area contributed by atoms with Crippen molar-refractivity contribution in [3.05, 3.63) is 0 Å². The lowest BCUT2D eigenvalue weighted by Crippen LogP contribution is -2.62. The Labute approximate surface area is 147 Å². The Kier molecular flexibility index (Phi) is 4.22. The molecule has 4 aliphatic carbocycles. The van der Waals surface area contributed by atoms with Crippen molar-refractivity contribution in [3.63, 3.8) is 0 Å². The Morgan fingerprint density at radius 1 is 1.04 bits per heavy atom. The van der Waals surface area contributed by atoms with Crippen molar-refractivity contribution >= 4 is 17.9 Å². The average molecular weight is 349 g/mol. The molecule has 0 unspecified atom stereocenters. The zero-order chi connectivity index (χ0) is 17.6. The van der Waals surface area contributed by atoms with Gasteiger partial charge in [0.15, 0.2) is 0 Å². The Bertz CT molecular complexity index is 556. The standard InChI is InChI=1S/C18H27N3O4/c22-15(10-21-3-1-2-14(21)16(23)24)19-17(25)20-18-7-11-4-12(8-18)6-13(5-11)9-18/h11-14H,1-10H2,(H,23,24)(H2,19,20,22,25)/t11?,12?,13?,14-,18?/m0/s1. The topological polar surface area (TPSA) is 98.7 Å². The SMILES string of the molecule is O=C(CN1CCC[C@H]1C(=O)O)NC(=O)NC12CC3CC(CC(C3)C1)C2. The third-order valence-electron chi connectivity index (χ3n) is 6.67. The monoisotopic (exact) mass is 349 g/mol. The first-order chi connectivity index (χ1) is 11.9. The van der Waals surface area contributed by atoms with Gasteiger partial charge in [-0.05, 0) is 75.7 Å². The number of carbonyl (C=O) groups is 3. The van der Waals surface area contributed by atoms with Crippen LogP contribution in [0, 0.1) is 17.8 Å². The molecule has 25 heavy (non-hydrogen) atoms. The molecule has 7 heteroatoms. The number of nitrogens with one attached hydrogen (secondary N) is 2. The summed E-state index contributed by atoms with van der Waals surface area (Å²) in [6.45, 7) is 0.548. The number of nitrogens with zero attached hydrogens (tertiary/aromatic N) is 1. The minimum Gasteiger partial charge on any atom is -0.480 e. The quantitative estimate of drug-likeness (QED) is 0.711. The number of carbonyl (C=O) groups excluding carboxylic acids is 2. The third kappa shape index (κ3) is 3.38. The van der Waals surface area contributed by atoms with Gasteiger partial charge in [-0.25, -0.2) is 4.79 Å². The van der Waals surface area contributed by atoms with Crippen LogP contribution in [0.25, 0.3) is 0 Å². The van der Waals surface area contributed by atoms with E-state index in [1.54, 1.807) is 4.90 Å². The molecule has 1 saturated heterocycles. The second kappa shape index (κ2) is 6.27. The largest absolute Gasteiger partial charge is 0.480 e. The molecule has 0 aromatic carbocycles. The molecule has 1 atom stereocenters. The predicted molar refractivity (Wildman–Crippen MR) is 89.8 cm³/mol. The average Bonchev–Trinajstić information content (AvgIpc) is 2.92. The second-order valence-electron chi connectivity index (χ2n) is 8.67. The molecule has 0 aromatic rings. The van der Waals surface area contributed by atoms with Crippen LogP contribution in [0.15, 0.2) is 0 Å². The first-order valence-corrected chi connectivity index (χ1v) is 9.51. The minimum absolute atomic E-state index is 0.0364. The van der Waals surface area contributed by atoms with Gasteiger partial charge in [-0.15, -0.1) is 0 Å². The number of aliphatic carboxylic acids is 1. The highest BCUT2D eigenvalue weighted by molar-refractivity contribution is 5.95. The molecular formula is C18H27N3O4. The molecule has 1 heterocycles. The number of carboxylic acids is 1.